The molecule has 0 saturated carbocycles. The number of carbonyl (C=O) groups excluding carboxylic acids is 1. The molecule has 0 bridgehead atoms. The number of aryl methyl sites for hydroxylation is 2. The molecule has 0 aliphatic carbocycles. The molecule has 4 nitrogen and oxygen atoms in total. The van der Waals surface area contributed by atoms with E-state index in [1.54, 1.807) is 0 Å². The maximum absolute atomic E-state index is 12.2. The summed E-state index contributed by atoms with van der Waals surface area (Å²) in [6.07, 6.45) is 0. The van der Waals surface area contributed by atoms with Gasteiger partial charge in [-0.1, -0.05) is 17.7 Å². The third kappa shape index (κ3) is 4.85. The molecule has 1 fully saturated rings. The second kappa shape index (κ2) is 7.99. The van der Waals surface area contributed by atoms with Gasteiger partial charge in [0, 0.05) is 25.7 Å². The Balaban J connectivity index is 0.00000220. The Bertz CT molecular complexity index is 485. The Morgan fingerprint density at radius 3 is 2.81 bits per heavy atom. The lowest BCUT2D eigenvalue weighted by molar-refractivity contribution is -0.118. The number of amides is 1. The Labute approximate surface area is 137 Å². The SMILES string of the molecule is Cc1cc(C)c(NC(=O)CN2CCNC[C@H]2C)c(Cl)c1.Cl. The topological polar surface area (TPSA) is 44.4 Å². The number of hydrogen-bond donors (Lipinski definition) is 2. The van der Waals surface area contributed by atoms with Gasteiger partial charge in [0.25, 0.3) is 0 Å². The molecule has 1 atom stereocenters. The average Bonchev–Trinajstić information content (AvgIpc) is 2.36. The highest BCUT2D eigenvalue weighted by Gasteiger charge is 2.20. The first-order valence-corrected chi connectivity index (χ1v) is 7.36. The van der Waals surface area contributed by atoms with E-state index in [4.69, 9.17) is 11.6 Å². The van der Waals surface area contributed by atoms with E-state index in [9.17, 15) is 4.79 Å². The zero-order valence-corrected chi connectivity index (χ0v) is 14.3. The van der Waals surface area contributed by atoms with Crippen LogP contribution in [0.2, 0.25) is 5.02 Å². The summed E-state index contributed by atoms with van der Waals surface area (Å²) in [5, 5.41) is 6.86. The van der Waals surface area contributed by atoms with Crippen molar-refractivity contribution in [1.29, 1.82) is 0 Å². The molecule has 0 aromatic heterocycles. The molecule has 2 rings (SSSR count). The van der Waals surface area contributed by atoms with Crippen LogP contribution in [-0.2, 0) is 4.79 Å². The summed E-state index contributed by atoms with van der Waals surface area (Å²) in [4.78, 5) is 14.4. The van der Waals surface area contributed by atoms with Crippen LogP contribution in [0.3, 0.4) is 0 Å². The molecule has 1 amide bonds. The second-order valence-electron chi connectivity index (χ2n) is 5.51. The standard InChI is InChI=1S/C15H22ClN3O.ClH/c1-10-6-11(2)15(13(16)7-10)18-14(20)9-19-5-4-17-8-12(19)3;/h6-7,12,17H,4-5,8-9H2,1-3H3,(H,18,20);1H/t12-;/m1./s1. The summed E-state index contributed by atoms with van der Waals surface area (Å²) in [5.74, 6) is -0.00685. The maximum atomic E-state index is 12.2. The highest BCUT2D eigenvalue weighted by Crippen LogP contribution is 2.27. The Kier molecular flexibility index (Phi) is 6.94. The molecule has 6 heteroatoms. The Morgan fingerprint density at radius 2 is 2.19 bits per heavy atom. The molecule has 1 aromatic carbocycles. The fourth-order valence-electron chi connectivity index (χ4n) is 2.56. The maximum Gasteiger partial charge on any atom is 0.238 e. The van der Waals surface area contributed by atoms with Gasteiger partial charge >= 0.3 is 0 Å². The largest absolute Gasteiger partial charge is 0.323 e. The summed E-state index contributed by atoms with van der Waals surface area (Å²) in [7, 11) is 0. The predicted molar refractivity (Wildman–Crippen MR) is 90.7 cm³/mol. The first-order chi connectivity index (χ1) is 9.47. The summed E-state index contributed by atoms with van der Waals surface area (Å²) in [6, 6.07) is 4.27. The third-order valence-electron chi connectivity index (χ3n) is 3.68. The van der Waals surface area contributed by atoms with Gasteiger partial charge in [-0.2, -0.15) is 0 Å². The van der Waals surface area contributed by atoms with Crippen LogP contribution in [-0.4, -0.2) is 43.0 Å². The molecule has 1 aliphatic rings. The molecule has 2 N–H and O–H groups in total. The van der Waals surface area contributed by atoms with E-state index in [2.05, 4.69) is 22.5 Å². The fourth-order valence-corrected chi connectivity index (χ4v) is 2.92. The van der Waals surface area contributed by atoms with Gasteiger partial charge in [-0.3, -0.25) is 9.69 Å². The van der Waals surface area contributed by atoms with E-state index in [0.29, 0.717) is 17.6 Å². The monoisotopic (exact) mass is 331 g/mol. The number of benzene rings is 1. The van der Waals surface area contributed by atoms with Gasteiger partial charge in [0.1, 0.15) is 0 Å². The third-order valence-corrected chi connectivity index (χ3v) is 3.98. The van der Waals surface area contributed by atoms with Crippen LogP contribution in [0.15, 0.2) is 12.1 Å². The van der Waals surface area contributed by atoms with E-state index < -0.39 is 0 Å². The lowest BCUT2D eigenvalue weighted by Crippen LogP contribution is -2.52. The van der Waals surface area contributed by atoms with Gasteiger partial charge in [0.15, 0.2) is 0 Å². The smallest absolute Gasteiger partial charge is 0.238 e. The first-order valence-electron chi connectivity index (χ1n) is 6.98. The van der Waals surface area contributed by atoms with E-state index in [-0.39, 0.29) is 18.3 Å². The Hall–Kier alpha value is -0.810. The molecule has 0 unspecified atom stereocenters. The van der Waals surface area contributed by atoms with Crippen LogP contribution in [0, 0.1) is 13.8 Å². The molecule has 1 aliphatic heterocycles. The fraction of sp³-hybridized carbons (Fsp3) is 0.533. The number of piperazine rings is 1. The summed E-state index contributed by atoms with van der Waals surface area (Å²) < 4.78 is 0. The van der Waals surface area contributed by atoms with Crippen LogP contribution in [0.4, 0.5) is 5.69 Å². The van der Waals surface area contributed by atoms with Gasteiger partial charge in [-0.15, -0.1) is 12.4 Å². The number of halogens is 2. The minimum absolute atomic E-state index is 0. The molecule has 0 radical (unpaired) electrons. The molecule has 1 aromatic rings. The number of carbonyl (C=O) groups is 1. The molecule has 0 spiro atoms. The lowest BCUT2D eigenvalue weighted by atomic mass is 10.1. The van der Waals surface area contributed by atoms with Crippen molar-refractivity contribution >= 4 is 35.6 Å². The summed E-state index contributed by atoms with van der Waals surface area (Å²) in [6.45, 7) is 9.25. The van der Waals surface area contributed by atoms with E-state index in [1.165, 1.54) is 0 Å². The van der Waals surface area contributed by atoms with E-state index >= 15 is 0 Å². The highest BCUT2D eigenvalue weighted by molar-refractivity contribution is 6.34. The van der Waals surface area contributed by atoms with Crippen molar-refractivity contribution in [3.8, 4) is 0 Å². The van der Waals surface area contributed by atoms with Gasteiger partial charge in [0.05, 0.1) is 17.3 Å². The molecular weight excluding hydrogens is 309 g/mol. The van der Waals surface area contributed by atoms with Crippen LogP contribution < -0.4 is 10.6 Å². The minimum atomic E-state index is -0.00685. The molecule has 1 heterocycles. The van der Waals surface area contributed by atoms with Gasteiger partial charge in [0.2, 0.25) is 5.91 Å². The predicted octanol–water partition coefficient (Wildman–Crippen LogP) is 2.61. The van der Waals surface area contributed by atoms with Gasteiger partial charge < -0.3 is 10.6 Å². The van der Waals surface area contributed by atoms with Crippen LogP contribution in [0.1, 0.15) is 18.1 Å². The first kappa shape index (κ1) is 18.2. The van der Waals surface area contributed by atoms with Crippen LogP contribution >= 0.6 is 24.0 Å². The lowest BCUT2D eigenvalue weighted by Gasteiger charge is -2.33. The summed E-state index contributed by atoms with van der Waals surface area (Å²) in [5.41, 5.74) is 2.82. The van der Waals surface area contributed by atoms with Crippen molar-refractivity contribution in [2.75, 3.05) is 31.5 Å². The molecule has 118 valence electrons. The van der Waals surface area contributed by atoms with Crippen molar-refractivity contribution in [2.24, 2.45) is 0 Å². The van der Waals surface area contributed by atoms with Crippen LogP contribution in [0.5, 0.6) is 0 Å². The van der Waals surface area contributed by atoms with Crippen molar-refractivity contribution in [3.63, 3.8) is 0 Å². The normalized spacial score (nSPS) is 19.0. The van der Waals surface area contributed by atoms with E-state index in [0.717, 1.165) is 36.4 Å². The quantitative estimate of drug-likeness (QED) is 0.894. The number of anilines is 1. The number of nitrogens with one attached hydrogen (secondary N) is 2. The van der Waals surface area contributed by atoms with Gasteiger partial charge in [-0.05, 0) is 38.0 Å². The summed E-state index contributed by atoms with van der Waals surface area (Å²) >= 11 is 6.21. The minimum Gasteiger partial charge on any atom is -0.323 e. The Morgan fingerprint density at radius 1 is 1.48 bits per heavy atom. The van der Waals surface area contributed by atoms with Crippen molar-refractivity contribution < 1.29 is 4.79 Å². The zero-order chi connectivity index (χ0) is 14.7. The number of hydrogen-bond acceptors (Lipinski definition) is 3. The van der Waals surface area contributed by atoms with E-state index in [1.807, 2.05) is 26.0 Å². The molecule has 21 heavy (non-hydrogen) atoms. The molecular formula is C15H23Cl2N3O. The van der Waals surface area contributed by atoms with Crippen molar-refractivity contribution in [1.82, 2.24) is 10.2 Å². The number of rotatable bonds is 3. The van der Waals surface area contributed by atoms with Crippen molar-refractivity contribution in [3.05, 3.63) is 28.3 Å². The van der Waals surface area contributed by atoms with Gasteiger partial charge in [-0.25, -0.2) is 0 Å². The molecule has 1 saturated heterocycles. The second-order valence-corrected chi connectivity index (χ2v) is 5.92. The number of nitrogens with zero attached hydrogens (tertiary/aromatic N) is 1. The highest BCUT2D eigenvalue weighted by atomic mass is 35.5. The average molecular weight is 332 g/mol. The van der Waals surface area contributed by atoms with Crippen LogP contribution in [0.25, 0.3) is 0 Å². The van der Waals surface area contributed by atoms with Crippen molar-refractivity contribution in [2.45, 2.75) is 26.8 Å². The zero-order valence-electron chi connectivity index (χ0n) is 12.7.